The number of carboxylic acids is 1. The number of aliphatic carboxylic acids is 1. The summed E-state index contributed by atoms with van der Waals surface area (Å²) < 4.78 is 0. The average Bonchev–Trinajstić information content (AvgIpc) is 3.03. The van der Waals surface area contributed by atoms with E-state index in [0.29, 0.717) is 26.1 Å². The largest absolute Gasteiger partial charge is 0.481 e. The van der Waals surface area contributed by atoms with E-state index in [0.717, 1.165) is 32.4 Å². The molecule has 5 nitrogen and oxygen atoms in total. The normalized spacial score (nSPS) is 23.5. The fraction of sp³-hybridized carbons (Fsp3) is 0.600. The minimum absolute atomic E-state index is 0.181. The van der Waals surface area contributed by atoms with Crippen molar-refractivity contribution < 1.29 is 14.7 Å². The molecule has 2 aliphatic heterocycles. The quantitative estimate of drug-likeness (QED) is 0.861. The van der Waals surface area contributed by atoms with E-state index >= 15 is 0 Å². The lowest BCUT2D eigenvalue weighted by molar-refractivity contribution is -0.142. The number of amides is 1. The highest BCUT2D eigenvalue weighted by molar-refractivity contribution is 5.76. The van der Waals surface area contributed by atoms with Gasteiger partial charge in [0.1, 0.15) is 0 Å². The van der Waals surface area contributed by atoms with Crippen molar-refractivity contribution in [3.63, 3.8) is 0 Å². The van der Waals surface area contributed by atoms with Crippen LogP contribution in [0.25, 0.3) is 0 Å². The Kier molecular flexibility index (Phi) is 5.74. The Morgan fingerprint density at radius 2 is 1.96 bits per heavy atom. The lowest BCUT2D eigenvalue weighted by atomic mass is 9.92. The van der Waals surface area contributed by atoms with E-state index in [9.17, 15) is 14.7 Å². The van der Waals surface area contributed by atoms with Gasteiger partial charge in [-0.15, -0.1) is 0 Å². The van der Waals surface area contributed by atoms with E-state index in [2.05, 4.69) is 30.0 Å². The smallest absolute Gasteiger partial charge is 0.308 e. The van der Waals surface area contributed by atoms with E-state index in [1.54, 1.807) is 0 Å². The van der Waals surface area contributed by atoms with Crippen LogP contribution in [0.2, 0.25) is 0 Å². The third kappa shape index (κ3) is 4.21. The molecule has 0 aromatic heterocycles. The molecule has 2 heterocycles. The Balaban J connectivity index is 1.51. The number of fused-ring (bicyclic) bond motifs is 1. The van der Waals surface area contributed by atoms with Gasteiger partial charge in [-0.1, -0.05) is 37.6 Å². The van der Waals surface area contributed by atoms with Crippen molar-refractivity contribution in [1.82, 2.24) is 9.80 Å². The lowest BCUT2D eigenvalue weighted by Gasteiger charge is -2.29. The molecule has 5 heteroatoms. The second-order valence-electron chi connectivity index (χ2n) is 7.34. The first-order valence-corrected chi connectivity index (χ1v) is 9.38. The van der Waals surface area contributed by atoms with Gasteiger partial charge < -0.3 is 14.9 Å². The van der Waals surface area contributed by atoms with Gasteiger partial charge in [-0.3, -0.25) is 9.59 Å². The lowest BCUT2D eigenvalue weighted by Crippen LogP contribution is -2.37. The number of carboxylic acid groups (broad SMARTS) is 1. The molecule has 25 heavy (non-hydrogen) atoms. The number of hydrogen-bond acceptors (Lipinski definition) is 3. The Bertz CT molecular complexity index is 631. The monoisotopic (exact) mass is 344 g/mol. The van der Waals surface area contributed by atoms with Crippen molar-refractivity contribution in [3.8, 4) is 0 Å². The van der Waals surface area contributed by atoms with Crippen LogP contribution in [0.5, 0.6) is 0 Å². The predicted octanol–water partition coefficient (Wildman–Crippen LogP) is 2.39. The maximum atomic E-state index is 12.6. The number of rotatable bonds is 6. The Hall–Kier alpha value is -1.88. The second kappa shape index (κ2) is 8.00. The number of benzene rings is 1. The van der Waals surface area contributed by atoms with Gasteiger partial charge in [-0.25, -0.2) is 0 Å². The molecule has 0 bridgehead atoms. The predicted molar refractivity (Wildman–Crippen MR) is 96.1 cm³/mol. The molecule has 136 valence electrons. The van der Waals surface area contributed by atoms with Crippen LogP contribution in [0, 0.1) is 11.8 Å². The summed E-state index contributed by atoms with van der Waals surface area (Å²) in [6.45, 7) is 5.63. The molecule has 2 atom stereocenters. The maximum Gasteiger partial charge on any atom is 0.308 e. The zero-order chi connectivity index (χ0) is 17.8. The highest BCUT2D eigenvalue weighted by atomic mass is 16.4. The molecule has 0 spiro atoms. The van der Waals surface area contributed by atoms with Crippen LogP contribution in [0.4, 0.5) is 0 Å². The molecule has 0 radical (unpaired) electrons. The van der Waals surface area contributed by atoms with Crippen LogP contribution < -0.4 is 0 Å². The number of likely N-dealkylation sites (tertiary alicyclic amines) is 1. The summed E-state index contributed by atoms with van der Waals surface area (Å²) in [7, 11) is 0. The minimum Gasteiger partial charge on any atom is -0.481 e. The van der Waals surface area contributed by atoms with Gasteiger partial charge in [0.15, 0.2) is 0 Å². The van der Waals surface area contributed by atoms with Crippen molar-refractivity contribution >= 4 is 11.9 Å². The standard InChI is InChI=1S/C20H28N2O3/c1-2-5-17-12-21(14-18(17)20(24)25)10-9-19(23)22-11-8-15-6-3-4-7-16(15)13-22/h3-4,6-7,17-18H,2,5,8-14H2,1H3,(H,24,25)/t17-,18-/m1/s1. The third-order valence-electron chi connectivity index (χ3n) is 5.62. The van der Waals surface area contributed by atoms with Crippen molar-refractivity contribution in [3.05, 3.63) is 35.4 Å². The van der Waals surface area contributed by atoms with Gasteiger partial charge in [0, 0.05) is 39.1 Å². The summed E-state index contributed by atoms with van der Waals surface area (Å²) >= 11 is 0. The van der Waals surface area contributed by atoms with Crippen LogP contribution in [-0.2, 0) is 22.6 Å². The molecule has 0 aliphatic carbocycles. The van der Waals surface area contributed by atoms with Crippen LogP contribution >= 0.6 is 0 Å². The molecule has 1 saturated heterocycles. The Morgan fingerprint density at radius 1 is 1.20 bits per heavy atom. The van der Waals surface area contributed by atoms with Gasteiger partial charge >= 0.3 is 5.97 Å². The SMILES string of the molecule is CCC[C@@H]1CN(CCC(=O)N2CCc3ccccc3C2)C[C@H]1C(=O)O. The van der Waals surface area contributed by atoms with E-state index in [1.165, 1.54) is 11.1 Å². The molecule has 1 fully saturated rings. The van der Waals surface area contributed by atoms with Crippen molar-refractivity contribution in [2.45, 2.75) is 39.2 Å². The van der Waals surface area contributed by atoms with E-state index in [1.807, 2.05) is 11.0 Å². The highest BCUT2D eigenvalue weighted by Gasteiger charge is 2.36. The first-order chi connectivity index (χ1) is 12.1. The first kappa shape index (κ1) is 17.9. The maximum absolute atomic E-state index is 12.6. The summed E-state index contributed by atoms with van der Waals surface area (Å²) in [5.74, 6) is -0.573. The zero-order valence-electron chi connectivity index (χ0n) is 15.0. The minimum atomic E-state index is -0.695. The molecule has 1 aromatic rings. The fourth-order valence-corrected chi connectivity index (χ4v) is 4.21. The highest BCUT2D eigenvalue weighted by Crippen LogP contribution is 2.28. The van der Waals surface area contributed by atoms with E-state index in [-0.39, 0.29) is 17.7 Å². The number of carbonyl (C=O) groups excluding carboxylic acids is 1. The Morgan fingerprint density at radius 3 is 2.68 bits per heavy atom. The van der Waals surface area contributed by atoms with E-state index < -0.39 is 5.97 Å². The Labute approximate surface area is 149 Å². The van der Waals surface area contributed by atoms with Gasteiger partial charge in [-0.05, 0) is 29.9 Å². The second-order valence-corrected chi connectivity index (χ2v) is 7.34. The summed E-state index contributed by atoms with van der Waals surface area (Å²) in [6, 6.07) is 8.32. The topological polar surface area (TPSA) is 60.9 Å². The summed E-state index contributed by atoms with van der Waals surface area (Å²) in [5, 5.41) is 9.40. The summed E-state index contributed by atoms with van der Waals surface area (Å²) in [4.78, 5) is 28.1. The van der Waals surface area contributed by atoms with Crippen LogP contribution in [0.1, 0.15) is 37.3 Å². The van der Waals surface area contributed by atoms with Crippen LogP contribution in [0.15, 0.2) is 24.3 Å². The molecule has 2 aliphatic rings. The summed E-state index contributed by atoms with van der Waals surface area (Å²) in [5.41, 5.74) is 2.59. The third-order valence-corrected chi connectivity index (χ3v) is 5.62. The first-order valence-electron chi connectivity index (χ1n) is 9.38. The van der Waals surface area contributed by atoms with Crippen molar-refractivity contribution in [2.24, 2.45) is 11.8 Å². The molecular formula is C20H28N2O3. The number of hydrogen-bond donors (Lipinski definition) is 1. The van der Waals surface area contributed by atoms with Gasteiger partial charge in [0.05, 0.1) is 5.92 Å². The number of nitrogens with zero attached hydrogens (tertiary/aromatic N) is 2. The van der Waals surface area contributed by atoms with Gasteiger partial charge in [0.25, 0.3) is 0 Å². The zero-order valence-corrected chi connectivity index (χ0v) is 15.0. The molecule has 1 N–H and O–H groups in total. The fourth-order valence-electron chi connectivity index (χ4n) is 4.21. The number of carbonyl (C=O) groups is 2. The molecule has 0 saturated carbocycles. The van der Waals surface area contributed by atoms with Gasteiger partial charge in [-0.2, -0.15) is 0 Å². The molecular weight excluding hydrogens is 316 g/mol. The van der Waals surface area contributed by atoms with Crippen LogP contribution in [0.3, 0.4) is 0 Å². The van der Waals surface area contributed by atoms with Crippen LogP contribution in [-0.4, -0.2) is 53.0 Å². The van der Waals surface area contributed by atoms with Crippen molar-refractivity contribution in [1.29, 1.82) is 0 Å². The summed E-state index contributed by atoms with van der Waals surface area (Å²) in [6.07, 6.45) is 3.36. The van der Waals surface area contributed by atoms with Gasteiger partial charge in [0.2, 0.25) is 5.91 Å². The van der Waals surface area contributed by atoms with E-state index in [4.69, 9.17) is 0 Å². The molecule has 0 unspecified atom stereocenters. The molecule has 1 aromatic carbocycles. The molecule has 3 rings (SSSR count). The van der Waals surface area contributed by atoms with Crippen molar-refractivity contribution in [2.75, 3.05) is 26.2 Å². The average molecular weight is 344 g/mol. The molecule has 1 amide bonds.